The molecule has 0 fully saturated rings. The van der Waals surface area contributed by atoms with E-state index >= 15 is 0 Å². The van der Waals surface area contributed by atoms with E-state index < -0.39 is 0 Å². The van der Waals surface area contributed by atoms with Gasteiger partial charge in [-0.2, -0.15) is 0 Å². The Hall–Kier alpha value is -1.88. The zero-order chi connectivity index (χ0) is 11.5. The first-order valence-corrected chi connectivity index (χ1v) is 5.13. The minimum atomic E-state index is 0.216. The summed E-state index contributed by atoms with van der Waals surface area (Å²) in [5.41, 5.74) is 8.13. The van der Waals surface area contributed by atoms with Crippen molar-refractivity contribution in [3.63, 3.8) is 0 Å². The topological polar surface area (TPSA) is 77.0 Å². The van der Waals surface area contributed by atoms with E-state index in [0.717, 1.165) is 17.1 Å². The van der Waals surface area contributed by atoms with Gasteiger partial charge < -0.3 is 10.8 Å². The number of hydrogen-bond donors (Lipinski definition) is 2. The van der Waals surface area contributed by atoms with E-state index in [1.165, 1.54) is 0 Å². The summed E-state index contributed by atoms with van der Waals surface area (Å²) >= 11 is 0. The number of nitrogens with two attached hydrogens (primary N) is 1. The minimum absolute atomic E-state index is 0.216. The summed E-state index contributed by atoms with van der Waals surface area (Å²) in [6.45, 7) is 2.49. The fourth-order valence-electron chi connectivity index (χ4n) is 1.60. The van der Waals surface area contributed by atoms with Crippen LogP contribution in [0.1, 0.15) is 11.4 Å². The van der Waals surface area contributed by atoms with Crippen molar-refractivity contribution in [2.24, 2.45) is 5.73 Å². The van der Waals surface area contributed by atoms with Crippen molar-refractivity contribution in [3.05, 3.63) is 35.7 Å². The molecule has 2 rings (SSSR count). The smallest absolute Gasteiger partial charge is 0.117 e. The van der Waals surface area contributed by atoms with Crippen molar-refractivity contribution in [2.75, 3.05) is 6.54 Å². The first kappa shape index (κ1) is 10.6. The summed E-state index contributed by atoms with van der Waals surface area (Å²) in [5, 5.41) is 17.5. The lowest BCUT2D eigenvalue weighted by Crippen LogP contribution is -2.05. The van der Waals surface area contributed by atoms with Crippen LogP contribution in [0.25, 0.3) is 5.69 Å². The summed E-state index contributed by atoms with van der Waals surface area (Å²) in [4.78, 5) is 0. The van der Waals surface area contributed by atoms with Gasteiger partial charge in [-0.1, -0.05) is 11.3 Å². The highest BCUT2D eigenvalue weighted by Gasteiger charge is 2.09. The molecular weight excluding hydrogens is 204 g/mol. The molecule has 0 atom stereocenters. The number of nitrogens with zero attached hydrogens (tertiary/aromatic N) is 3. The Morgan fingerprint density at radius 3 is 2.94 bits per heavy atom. The van der Waals surface area contributed by atoms with Gasteiger partial charge in [0.2, 0.25) is 0 Å². The summed E-state index contributed by atoms with van der Waals surface area (Å²) in [5.74, 6) is 0.216. The molecule has 0 saturated heterocycles. The van der Waals surface area contributed by atoms with E-state index in [1.807, 2.05) is 13.0 Å². The summed E-state index contributed by atoms with van der Waals surface area (Å²) in [6, 6.07) is 6.91. The summed E-state index contributed by atoms with van der Waals surface area (Å²) in [6.07, 6.45) is 0.713. The monoisotopic (exact) mass is 218 g/mol. The molecule has 0 aliphatic heterocycles. The quantitative estimate of drug-likeness (QED) is 0.798. The van der Waals surface area contributed by atoms with Gasteiger partial charge in [0, 0.05) is 12.5 Å². The zero-order valence-corrected chi connectivity index (χ0v) is 9.09. The van der Waals surface area contributed by atoms with Crippen molar-refractivity contribution < 1.29 is 5.11 Å². The summed E-state index contributed by atoms with van der Waals surface area (Å²) < 4.78 is 1.70. The number of phenols is 1. The third-order valence-corrected chi connectivity index (χ3v) is 2.45. The van der Waals surface area contributed by atoms with Crippen LogP contribution in [-0.4, -0.2) is 26.6 Å². The molecule has 1 aromatic carbocycles. The van der Waals surface area contributed by atoms with Crippen molar-refractivity contribution in [2.45, 2.75) is 13.3 Å². The molecule has 2 aromatic rings. The second kappa shape index (κ2) is 4.32. The Morgan fingerprint density at radius 1 is 1.44 bits per heavy atom. The molecule has 0 saturated carbocycles. The number of aromatic hydroxyl groups is 1. The Labute approximate surface area is 93.5 Å². The largest absolute Gasteiger partial charge is 0.508 e. The standard InChI is InChI=1S/C11H14N4O/c1-8-11(5-6-12)13-14-15(8)9-3-2-4-10(16)7-9/h2-4,7,16H,5-6,12H2,1H3. The van der Waals surface area contributed by atoms with E-state index in [1.54, 1.807) is 22.9 Å². The lowest BCUT2D eigenvalue weighted by Gasteiger charge is -2.03. The highest BCUT2D eigenvalue weighted by atomic mass is 16.3. The highest BCUT2D eigenvalue weighted by molar-refractivity contribution is 5.39. The second-order valence-corrected chi connectivity index (χ2v) is 3.59. The SMILES string of the molecule is Cc1c(CCN)nnn1-c1cccc(O)c1. The molecular formula is C11H14N4O. The maximum Gasteiger partial charge on any atom is 0.117 e. The molecule has 5 nitrogen and oxygen atoms in total. The van der Waals surface area contributed by atoms with Crippen LogP contribution in [-0.2, 0) is 6.42 Å². The predicted molar refractivity (Wildman–Crippen MR) is 60.5 cm³/mol. The van der Waals surface area contributed by atoms with Crippen LogP contribution >= 0.6 is 0 Å². The molecule has 0 bridgehead atoms. The van der Waals surface area contributed by atoms with Crippen LogP contribution in [0.15, 0.2) is 24.3 Å². The van der Waals surface area contributed by atoms with Crippen LogP contribution in [0, 0.1) is 6.92 Å². The molecule has 0 aliphatic rings. The van der Waals surface area contributed by atoms with Crippen molar-refractivity contribution in [3.8, 4) is 11.4 Å². The van der Waals surface area contributed by atoms with Gasteiger partial charge in [-0.25, -0.2) is 4.68 Å². The molecule has 0 unspecified atom stereocenters. The Kier molecular flexibility index (Phi) is 2.87. The molecule has 0 aliphatic carbocycles. The maximum atomic E-state index is 9.39. The van der Waals surface area contributed by atoms with Gasteiger partial charge >= 0.3 is 0 Å². The van der Waals surface area contributed by atoms with Crippen LogP contribution in [0.5, 0.6) is 5.75 Å². The molecule has 3 N–H and O–H groups in total. The Balaban J connectivity index is 2.41. The Morgan fingerprint density at radius 2 is 2.25 bits per heavy atom. The third-order valence-electron chi connectivity index (χ3n) is 2.45. The van der Waals surface area contributed by atoms with Crippen molar-refractivity contribution >= 4 is 0 Å². The summed E-state index contributed by atoms with van der Waals surface area (Å²) in [7, 11) is 0. The second-order valence-electron chi connectivity index (χ2n) is 3.59. The van der Waals surface area contributed by atoms with Crippen molar-refractivity contribution in [1.29, 1.82) is 0 Å². The van der Waals surface area contributed by atoms with Crippen LogP contribution in [0.2, 0.25) is 0 Å². The van der Waals surface area contributed by atoms with E-state index in [2.05, 4.69) is 10.3 Å². The average molecular weight is 218 g/mol. The molecule has 16 heavy (non-hydrogen) atoms. The van der Waals surface area contributed by atoms with Crippen LogP contribution < -0.4 is 5.73 Å². The highest BCUT2D eigenvalue weighted by Crippen LogP contribution is 2.17. The Bertz CT molecular complexity index is 492. The molecule has 84 valence electrons. The van der Waals surface area contributed by atoms with E-state index in [4.69, 9.17) is 5.73 Å². The van der Waals surface area contributed by atoms with Gasteiger partial charge in [0.1, 0.15) is 5.75 Å². The fourth-order valence-corrected chi connectivity index (χ4v) is 1.60. The van der Waals surface area contributed by atoms with Gasteiger partial charge in [-0.05, 0) is 25.6 Å². The number of hydrogen-bond acceptors (Lipinski definition) is 4. The number of phenolic OH excluding ortho intramolecular Hbond substituents is 1. The first-order valence-electron chi connectivity index (χ1n) is 5.13. The molecule has 5 heteroatoms. The molecule has 1 heterocycles. The molecule has 0 spiro atoms. The van der Waals surface area contributed by atoms with Crippen molar-refractivity contribution in [1.82, 2.24) is 15.0 Å². The molecule has 1 aromatic heterocycles. The van der Waals surface area contributed by atoms with E-state index in [9.17, 15) is 5.11 Å². The van der Waals surface area contributed by atoms with E-state index in [0.29, 0.717) is 13.0 Å². The van der Waals surface area contributed by atoms with E-state index in [-0.39, 0.29) is 5.75 Å². The lowest BCUT2D eigenvalue weighted by molar-refractivity contribution is 0.474. The van der Waals surface area contributed by atoms with Gasteiger partial charge in [0.05, 0.1) is 17.1 Å². The van der Waals surface area contributed by atoms with Gasteiger partial charge in [0.15, 0.2) is 0 Å². The maximum absolute atomic E-state index is 9.39. The number of rotatable bonds is 3. The zero-order valence-electron chi connectivity index (χ0n) is 9.09. The number of benzene rings is 1. The third kappa shape index (κ3) is 1.90. The lowest BCUT2D eigenvalue weighted by atomic mass is 10.2. The number of aromatic nitrogens is 3. The van der Waals surface area contributed by atoms with Crippen LogP contribution in [0.3, 0.4) is 0 Å². The van der Waals surface area contributed by atoms with Crippen LogP contribution in [0.4, 0.5) is 0 Å². The molecule has 0 radical (unpaired) electrons. The van der Waals surface area contributed by atoms with Gasteiger partial charge in [-0.15, -0.1) is 5.10 Å². The first-order chi connectivity index (χ1) is 7.72. The van der Waals surface area contributed by atoms with Gasteiger partial charge in [-0.3, -0.25) is 0 Å². The predicted octanol–water partition coefficient (Wildman–Crippen LogP) is 0.783. The van der Waals surface area contributed by atoms with Gasteiger partial charge in [0.25, 0.3) is 0 Å². The molecule has 0 amide bonds. The average Bonchev–Trinajstić information content (AvgIpc) is 2.61. The normalized spacial score (nSPS) is 10.6. The minimum Gasteiger partial charge on any atom is -0.508 e. The fraction of sp³-hybridized carbons (Fsp3) is 0.273.